The fourth-order valence-electron chi connectivity index (χ4n) is 1.87. The van der Waals surface area contributed by atoms with Crippen LogP contribution in [0.1, 0.15) is 45.2 Å². The van der Waals surface area contributed by atoms with Crippen LogP contribution in [0.4, 0.5) is 4.39 Å². The highest BCUT2D eigenvalue weighted by molar-refractivity contribution is 5.19. The maximum atomic E-state index is 13.0. The molecule has 16 heavy (non-hydrogen) atoms. The predicted molar refractivity (Wildman–Crippen MR) is 66.9 cm³/mol. The summed E-state index contributed by atoms with van der Waals surface area (Å²) in [5.74, 6) is 0.522. The number of nitrogens with one attached hydrogen (secondary N) is 1. The molecule has 2 heteroatoms. The van der Waals surface area contributed by atoms with Crippen molar-refractivity contribution in [2.75, 3.05) is 6.54 Å². The zero-order chi connectivity index (χ0) is 12.0. The third-order valence-electron chi connectivity index (χ3n) is 2.90. The molecule has 0 spiro atoms. The molecular formula is C14H22FN. The van der Waals surface area contributed by atoms with Gasteiger partial charge in [-0.2, -0.15) is 0 Å². The lowest BCUT2D eigenvalue weighted by atomic mass is 10.0. The van der Waals surface area contributed by atoms with Gasteiger partial charge in [-0.25, -0.2) is 4.39 Å². The van der Waals surface area contributed by atoms with Crippen LogP contribution >= 0.6 is 0 Å². The minimum Gasteiger partial charge on any atom is -0.310 e. The van der Waals surface area contributed by atoms with E-state index in [4.69, 9.17) is 0 Å². The molecule has 1 N–H and O–H groups in total. The number of rotatable bonds is 6. The highest BCUT2D eigenvalue weighted by atomic mass is 19.1. The largest absolute Gasteiger partial charge is 0.310 e. The number of benzene rings is 1. The van der Waals surface area contributed by atoms with Gasteiger partial charge in [0.2, 0.25) is 0 Å². The Labute approximate surface area is 98.1 Å². The molecule has 0 aliphatic carbocycles. The summed E-state index contributed by atoms with van der Waals surface area (Å²) in [6.45, 7) is 7.51. The zero-order valence-corrected chi connectivity index (χ0v) is 10.5. The molecule has 0 fully saturated rings. The fraction of sp³-hybridized carbons (Fsp3) is 0.571. The second-order valence-corrected chi connectivity index (χ2v) is 4.58. The van der Waals surface area contributed by atoms with Crippen molar-refractivity contribution < 1.29 is 4.39 Å². The molecule has 90 valence electrons. The Morgan fingerprint density at radius 1 is 1.31 bits per heavy atom. The van der Waals surface area contributed by atoms with Crippen LogP contribution in [0.25, 0.3) is 0 Å². The Kier molecular flexibility index (Phi) is 5.47. The fourth-order valence-corrected chi connectivity index (χ4v) is 1.87. The van der Waals surface area contributed by atoms with E-state index >= 15 is 0 Å². The monoisotopic (exact) mass is 223 g/mol. The molecule has 1 rings (SSSR count). The molecule has 1 nitrogen and oxygen atoms in total. The smallest absolute Gasteiger partial charge is 0.123 e. The first-order valence-electron chi connectivity index (χ1n) is 6.12. The van der Waals surface area contributed by atoms with Crippen LogP contribution in [0.5, 0.6) is 0 Å². The summed E-state index contributed by atoms with van der Waals surface area (Å²) in [5, 5.41) is 3.44. The highest BCUT2D eigenvalue weighted by Crippen LogP contribution is 2.14. The van der Waals surface area contributed by atoms with Crippen molar-refractivity contribution in [1.29, 1.82) is 0 Å². The lowest BCUT2D eigenvalue weighted by molar-refractivity contribution is 0.443. The first-order valence-corrected chi connectivity index (χ1v) is 6.12. The summed E-state index contributed by atoms with van der Waals surface area (Å²) in [4.78, 5) is 0. The van der Waals surface area contributed by atoms with Gasteiger partial charge in [-0.05, 0) is 43.5 Å². The maximum Gasteiger partial charge on any atom is 0.123 e. The van der Waals surface area contributed by atoms with E-state index < -0.39 is 0 Å². The van der Waals surface area contributed by atoms with Crippen LogP contribution < -0.4 is 5.32 Å². The lowest BCUT2D eigenvalue weighted by Crippen LogP contribution is -2.24. The molecule has 1 aromatic carbocycles. The topological polar surface area (TPSA) is 12.0 Å². The molecule has 0 amide bonds. The van der Waals surface area contributed by atoms with Gasteiger partial charge in [0.25, 0.3) is 0 Å². The summed E-state index contributed by atoms with van der Waals surface area (Å²) in [7, 11) is 0. The number of hydrogen-bond acceptors (Lipinski definition) is 1. The number of hydrogen-bond donors (Lipinski definition) is 1. The van der Waals surface area contributed by atoms with Crippen LogP contribution in [-0.4, -0.2) is 6.54 Å². The van der Waals surface area contributed by atoms with E-state index in [1.54, 1.807) is 12.1 Å². The van der Waals surface area contributed by atoms with E-state index in [1.807, 2.05) is 6.07 Å². The first-order chi connectivity index (χ1) is 7.63. The Hall–Kier alpha value is -0.890. The van der Waals surface area contributed by atoms with Crippen molar-refractivity contribution in [3.63, 3.8) is 0 Å². The standard InChI is InChI=1S/C14H22FN/c1-4-6-11(2)10-16-12(3)13-7-5-8-14(15)9-13/h5,7-9,11-12,16H,4,6,10H2,1-3H3/t11?,12-/m0/s1. The van der Waals surface area contributed by atoms with Crippen molar-refractivity contribution in [3.8, 4) is 0 Å². The van der Waals surface area contributed by atoms with Crippen molar-refractivity contribution in [2.24, 2.45) is 5.92 Å². The normalized spacial score (nSPS) is 14.8. The maximum absolute atomic E-state index is 13.0. The van der Waals surface area contributed by atoms with Gasteiger partial charge in [0.15, 0.2) is 0 Å². The average Bonchev–Trinajstić information content (AvgIpc) is 2.26. The predicted octanol–water partition coefficient (Wildman–Crippen LogP) is 3.91. The third kappa shape index (κ3) is 4.31. The molecule has 0 saturated carbocycles. The number of halogens is 1. The molecule has 1 unspecified atom stereocenters. The van der Waals surface area contributed by atoms with Gasteiger partial charge >= 0.3 is 0 Å². The minimum absolute atomic E-state index is 0.159. The molecule has 0 bridgehead atoms. The van der Waals surface area contributed by atoms with Crippen LogP contribution in [-0.2, 0) is 0 Å². The average molecular weight is 223 g/mol. The lowest BCUT2D eigenvalue weighted by Gasteiger charge is -2.17. The van der Waals surface area contributed by atoms with E-state index in [0.29, 0.717) is 5.92 Å². The van der Waals surface area contributed by atoms with Crippen LogP contribution in [0.2, 0.25) is 0 Å². The quantitative estimate of drug-likeness (QED) is 0.771. The molecule has 0 aromatic heterocycles. The van der Waals surface area contributed by atoms with E-state index in [9.17, 15) is 4.39 Å². The van der Waals surface area contributed by atoms with E-state index in [0.717, 1.165) is 12.1 Å². The van der Waals surface area contributed by atoms with Crippen LogP contribution in [0, 0.1) is 11.7 Å². The second-order valence-electron chi connectivity index (χ2n) is 4.58. The van der Waals surface area contributed by atoms with Gasteiger partial charge < -0.3 is 5.32 Å². The molecule has 0 aliphatic rings. The Morgan fingerprint density at radius 3 is 2.69 bits per heavy atom. The summed E-state index contributed by atoms with van der Waals surface area (Å²) in [6, 6.07) is 7.02. The van der Waals surface area contributed by atoms with Crippen molar-refractivity contribution in [1.82, 2.24) is 5.32 Å². The van der Waals surface area contributed by atoms with Gasteiger partial charge in [0.1, 0.15) is 5.82 Å². The SMILES string of the molecule is CCCC(C)CN[C@@H](C)c1cccc(F)c1. The molecule has 0 radical (unpaired) electrons. The summed E-state index contributed by atoms with van der Waals surface area (Å²) in [6.07, 6.45) is 2.46. The van der Waals surface area contributed by atoms with Crippen molar-refractivity contribution >= 4 is 0 Å². The van der Waals surface area contributed by atoms with E-state index in [2.05, 4.69) is 26.1 Å². The summed E-state index contributed by atoms with van der Waals surface area (Å²) in [5.41, 5.74) is 1.02. The molecule has 0 saturated heterocycles. The summed E-state index contributed by atoms with van der Waals surface area (Å²) < 4.78 is 13.0. The summed E-state index contributed by atoms with van der Waals surface area (Å²) >= 11 is 0. The first kappa shape index (κ1) is 13.2. The van der Waals surface area contributed by atoms with Crippen LogP contribution in [0.15, 0.2) is 24.3 Å². The van der Waals surface area contributed by atoms with Gasteiger partial charge in [-0.3, -0.25) is 0 Å². The van der Waals surface area contributed by atoms with Gasteiger partial charge in [-0.15, -0.1) is 0 Å². The van der Waals surface area contributed by atoms with Gasteiger partial charge in [0.05, 0.1) is 0 Å². The van der Waals surface area contributed by atoms with E-state index in [1.165, 1.54) is 18.9 Å². The minimum atomic E-state index is -0.159. The Morgan fingerprint density at radius 2 is 2.06 bits per heavy atom. The van der Waals surface area contributed by atoms with Crippen molar-refractivity contribution in [3.05, 3.63) is 35.6 Å². The third-order valence-corrected chi connectivity index (χ3v) is 2.90. The van der Waals surface area contributed by atoms with Crippen LogP contribution in [0.3, 0.4) is 0 Å². The highest BCUT2D eigenvalue weighted by Gasteiger charge is 2.07. The molecule has 1 aromatic rings. The molecular weight excluding hydrogens is 201 g/mol. The van der Waals surface area contributed by atoms with E-state index in [-0.39, 0.29) is 11.9 Å². The second kappa shape index (κ2) is 6.64. The zero-order valence-electron chi connectivity index (χ0n) is 10.5. The van der Waals surface area contributed by atoms with Gasteiger partial charge in [-0.1, -0.05) is 32.4 Å². The molecule has 0 heterocycles. The van der Waals surface area contributed by atoms with Gasteiger partial charge in [0, 0.05) is 6.04 Å². The molecule has 0 aliphatic heterocycles. The Balaban J connectivity index is 2.43. The van der Waals surface area contributed by atoms with Crippen molar-refractivity contribution in [2.45, 2.75) is 39.7 Å². The molecule has 2 atom stereocenters. The Bertz CT molecular complexity index is 311.